The summed E-state index contributed by atoms with van der Waals surface area (Å²) in [5.74, 6) is -4.66. The number of aliphatic hydroxyl groups is 1. The van der Waals surface area contributed by atoms with Crippen LogP contribution in [0.5, 0.6) is 5.75 Å². The number of carboxylic acid groups (broad SMARTS) is 1. The van der Waals surface area contributed by atoms with Crippen LogP contribution in [0.15, 0.2) is 84.9 Å². The minimum Gasteiger partial charge on any atom is -0.481 e. The third kappa shape index (κ3) is 14.3. The molecule has 3 N–H and O–H groups in total. The number of hydrogen-bond donors (Lipinski definition) is 3. The van der Waals surface area contributed by atoms with Crippen LogP contribution in [0.3, 0.4) is 0 Å². The summed E-state index contributed by atoms with van der Waals surface area (Å²) in [5, 5.41) is 24.9. The Morgan fingerprint density at radius 3 is 1.74 bits per heavy atom. The molecule has 0 bridgehead atoms. The van der Waals surface area contributed by atoms with Crippen LogP contribution in [0.4, 0.5) is 0 Å². The molecule has 2 aliphatic rings. The molecular formula is C53H59N3O14. The van der Waals surface area contributed by atoms with E-state index >= 15 is 0 Å². The SMILES string of the molecule is CC#CCOc1ccc(C[C@H](NC(=O)[C@@H](/C=C/CCCCCCC(=O)CCCCCCC)[C@@](O)(CC(=O)OCN2C(=O)c3ccccc3C2=O)C(=O)O)C(=O)OCN2C(=O)c3ccccc3C2=O)cc1. The highest BCUT2D eigenvalue weighted by Crippen LogP contribution is 2.28. The number of allylic oxidation sites excluding steroid dienone is 1. The summed E-state index contributed by atoms with van der Waals surface area (Å²) >= 11 is 0. The highest BCUT2D eigenvalue weighted by atomic mass is 16.6. The van der Waals surface area contributed by atoms with Gasteiger partial charge in [0, 0.05) is 19.3 Å². The summed E-state index contributed by atoms with van der Waals surface area (Å²) in [4.78, 5) is 120. The second kappa shape index (κ2) is 26.3. The van der Waals surface area contributed by atoms with E-state index in [0.29, 0.717) is 59.6 Å². The van der Waals surface area contributed by atoms with E-state index in [9.17, 15) is 53.4 Å². The number of carbonyl (C=O) groups excluding carboxylic acids is 8. The molecule has 0 saturated carbocycles. The fourth-order valence-corrected chi connectivity index (χ4v) is 7.96. The van der Waals surface area contributed by atoms with E-state index in [4.69, 9.17) is 14.2 Å². The van der Waals surface area contributed by atoms with Crippen molar-refractivity contribution in [1.29, 1.82) is 0 Å². The molecule has 17 nitrogen and oxygen atoms in total. The van der Waals surface area contributed by atoms with Gasteiger partial charge in [0.05, 0.1) is 34.6 Å². The molecule has 0 aliphatic carbocycles. The van der Waals surface area contributed by atoms with E-state index in [0.717, 1.165) is 44.6 Å². The van der Waals surface area contributed by atoms with Gasteiger partial charge in [-0.05, 0) is 74.6 Å². The van der Waals surface area contributed by atoms with Gasteiger partial charge in [-0.15, -0.1) is 5.92 Å². The van der Waals surface area contributed by atoms with Crippen LogP contribution in [0, 0.1) is 17.8 Å². The second-order valence-electron chi connectivity index (χ2n) is 17.0. The zero-order valence-electron chi connectivity index (χ0n) is 39.4. The number of unbranched alkanes of at least 4 members (excludes halogenated alkanes) is 8. The van der Waals surface area contributed by atoms with E-state index in [-0.39, 0.29) is 41.1 Å². The third-order valence-electron chi connectivity index (χ3n) is 11.9. The third-order valence-corrected chi connectivity index (χ3v) is 11.9. The molecule has 5 rings (SSSR count). The Morgan fingerprint density at radius 1 is 0.714 bits per heavy atom. The maximum atomic E-state index is 14.4. The number of aliphatic carboxylic acids is 1. The van der Waals surface area contributed by atoms with Crippen molar-refractivity contribution >= 4 is 53.2 Å². The molecule has 0 fully saturated rings. The standard InChI is InChI=1S/C53H59N3O14/c1-3-5-7-10-13-20-37(57)21-14-11-8-9-12-15-26-43(53(67,52(65)66)33-45(58)69-34-55-47(60)39-22-16-17-23-40(39)48(55)61)46(59)54-44(32-36-27-29-38(30-28-36)68-31-6-4-2)51(64)70-35-56-49(62)41-24-18-19-25-42(41)50(56)63/h15-19,22-30,43-44,67H,3,5,7-14,20-21,31-35H2,1-2H3,(H,54,59)(H,65,66)/b26-15+/t43-,44+,53+/m1/s1. The summed E-state index contributed by atoms with van der Waals surface area (Å²) in [6.07, 6.45) is 10.2. The number of benzene rings is 3. The van der Waals surface area contributed by atoms with Crippen molar-refractivity contribution in [2.75, 3.05) is 20.1 Å². The Bertz CT molecular complexity index is 2440. The van der Waals surface area contributed by atoms with Crippen molar-refractivity contribution in [1.82, 2.24) is 15.1 Å². The molecule has 2 heterocycles. The first-order valence-electron chi connectivity index (χ1n) is 23.5. The highest BCUT2D eigenvalue weighted by molar-refractivity contribution is 6.22. The first-order valence-corrected chi connectivity index (χ1v) is 23.5. The highest BCUT2D eigenvalue weighted by Gasteiger charge is 2.50. The molecule has 0 unspecified atom stereocenters. The lowest BCUT2D eigenvalue weighted by molar-refractivity contribution is -0.175. The number of carboxylic acids is 1. The lowest BCUT2D eigenvalue weighted by Crippen LogP contribution is -2.56. The predicted molar refractivity (Wildman–Crippen MR) is 253 cm³/mol. The first kappa shape index (κ1) is 53.5. The van der Waals surface area contributed by atoms with Gasteiger partial charge in [-0.3, -0.25) is 33.6 Å². The van der Waals surface area contributed by atoms with Gasteiger partial charge in [0.2, 0.25) is 5.91 Å². The average Bonchev–Trinajstić information content (AvgIpc) is 3.74. The minimum absolute atomic E-state index is 0.0667. The number of rotatable bonds is 29. The van der Waals surface area contributed by atoms with Gasteiger partial charge in [0.15, 0.2) is 19.1 Å². The van der Waals surface area contributed by atoms with E-state index < -0.39 is 84.9 Å². The number of hydrogen-bond acceptors (Lipinski definition) is 13. The van der Waals surface area contributed by atoms with Gasteiger partial charge in [0.1, 0.15) is 24.2 Å². The van der Waals surface area contributed by atoms with Crippen LogP contribution in [0.2, 0.25) is 0 Å². The van der Waals surface area contributed by atoms with Crippen molar-refractivity contribution in [3.8, 4) is 17.6 Å². The fraction of sp³-hybridized carbons (Fsp3) is 0.415. The van der Waals surface area contributed by atoms with Gasteiger partial charge in [0.25, 0.3) is 23.6 Å². The second-order valence-corrected chi connectivity index (χ2v) is 17.0. The Kier molecular flexibility index (Phi) is 20.1. The molecule has 5 amide bonds. The van der Waals surface area contributed by atoms with Gasteiger partial charge < -0.3 is 29.7 Å². The molecule has 0 radical (unpaired) electrons. The molecule has 0 spiro atoms. The number of fused-ring (bicyclic) bond motifs is 2. The van der Waals surface area contributed by atoms with Crippen molar-refractivity contribution in [3.63, 3.8) is 0 Å². The van der Waals surface area contributed by atoms with Crippen LogP contribution in [-0.4, -0.2) is 105 Å². The Labute approximate surface area is 406 Å². The number of ether oxygens (including phenoxy) is 3. The molecule has 3 atom stereocenters. The zero-order valence-corrected chi connectivity index (χ0v) is 39.4. The molecule has 2 aliphatic heterocycles. The van der Waals surface area contributed by atoms with Crippen molar-refractivity contribution in [2.45, 2.75) is 115 Å². The number of Topliss-reactive ketones (excluding diaryl/α,β-unsaturated/α-hetero) is 1. The molecule has 70 heavy (non-hydrogen) atoms. The molecule has 0 saturated heterocycles. The van der Waals surface area contributed by atoms with Crippen molar-refractivity contribution < 1.29 is 67.6 Å². The number of carbonyl (C=O) groups is 9. The van der Waals surface area contributed by atoms with Gasteiger partial charge in [-0.25, -0.2) is 19.4 Å². The summed E-state index contributed by atoms with van der Waals surface area (Å²) in [6, 6.07) is 16.7. The molecule has 3 aromatic rings. The first-order chi connectivity index (χ1) is 33.7. The van der Waals surface area contributed by atoms with Crippen LogP contribution in [0.1, 0.15) is 144 Å². The summed E-state index contributed by atoms with van der Waals surface area (Å²) in [6.45, 7) is 2.14. The number of esters is 2. The summed E-state index contributed by atoms with van der Waals surface area (Å²) in [7, 11) is 0. The van der Waals surface area contributed by atoms with E-state index in [1.54, 1.807) is 55.5 Å². The van der Waals surface area contributed by atoms with Crippen molar-refractivity contribution in [2.24, 2.45) is 5.92 Å². The monoisotopic (exact) mass is 961 g/mol. The predicted octanol–water partition coefficient (Wildman–Crippen LogP) is 6.36. The van der Waals surface area contributed by atoms with E-state index in [1.807, 2.05) is 0 Å². The van der Waals surface area contributed by atoms with E-state index in [2.05, 4.69) is 24.1 Å². The normalized spacial score (nSPS) is 14.6. The summed E-state index contributed by atoms with van der Waals surface area (Å²) in [5.41, 5.74) is -2.45. The molecule has 17 heteroatoms. The number of nitrogens with one attached hydrogen (secondary N) is 1. The van der Waals surface area contributed by atoms with Gasteiger partial charge >= 0.3 is 17.9 Å². The Balaban J connectivity index is 1.33. The van der Waals surface area contributed by atoms with Gasteiger partial charge in [-0.2, -0.15) is 0 Å². The molecule has 0 aromatic heterocycles. The minimum atomic E-state index is -3.23. The quantitative estimate of drug-likeness (QED) is 0.0226. The van der Waals surface area contributed by atoms with E-state index in [1.165, 1.54) is 30.3 Å². The average molecular weight is 962 g/mol. The van der Waals surface area contributed by atoms with Crippen molar-refractivity contribution in [3.05, 3.63) is 113 Å². The molecule has 3 aromatic carbocycles. The number of ketones is 1. The summed E-state index contributed by atoms with van der Waals surface area (Å²) < 4.78 is 16.2. The molecular weight excluding hydrogens is 903 g/mol. The number of imide groups is 2. The lowest BCUT2D eigenvalue weighted by Gasteiger charge is -2.30. The number of nitrogens with zero attached hydrogens (tertiary/aromatic N) is 2. The van der Waals surface area contributed by atoms with Crippen LogP contribution >= 0.6 is 0 Å². The number of amides is 5. The topological polar surface area (TPSA) is 240 Å². The maximum absolute atomic E-state index is 14.4. The Hall–Kier alpha value is -7.45. The van der Waals surface area contributed by atoms with Crippen LogP contribution in [-0.2, 0) is 39.9 Å². The maximum Gasteiger partial charge on any atom is 0.337 e. The lowest BCUT2D eigenvalue weighted by atomic mass is 9.82. The zero-order chi connectivity index (χ0) is 50.6. The van der Waals surface area contributed by atoms with Gasteiger partial charge in [-0.1, -0.05) is 99.9 Å². The smallest absolute Gasteiger partial charge is 0.337 e. The van der Waals surface area contributed by atoms with Crippen LogP contribution in [0.25, 0.3) is 0 Å². The largest absolute Gasteiger partial charge is 0.481 e. The molecule has 370 valence electrons. The van der Waals surface area contributed by atoms with Crippen LogP contribution < -0.4 is 10.1 Å². The fourth-order valence-electron chi connectivity index (χ4n) is 7.96. The Morgan fingerprint density at radius 2 is 1.23 bits per heavy atom.